The zero-order valence-corrected chi connectivity index (χ0v) is 16.8. The number of nitrogens with one attached hydrogen (secondary N) is 1. The first-order chi connectivity index (χ1) is 13.4. The first-order valence-electron chi connectivity index (χ1n) is 9.13. The summed E-state index contributed by atoms with van der Waals surface area (Å²) >= 11 is 12.9. The Morgan fingerprint density at radius 3 is 2.75 bits per heavy atom. The fraction of sp³-hybridized carbons (Fsp3) is 0.316. The average molecular weight is 416 g/mol. The standard InChI is InChI=1S/C19H19Cl2N7/c1-19(22)4-7-27(8-5-19)18-13-10-24-17(28(13)9-6-23-18)11-2-3-12-14(15(11)20)16(21)26-25-12/h2-3,6,9-10H,4-5,7-8,22H2,1H3,(H,25,26). The number of aromatic nitrogens is 5. The fourth-order valence-corrected chi connectivity index (χ4v) is 4.42. The number of halogens is 2. The minimum Gasteiger partial charge on any atom is -0.355 e. The third-order valence-electron chi connectivity index (χ3n) is 5.51. The van der Waals surface area contributed by atoms with Gasteiger partial charge in [0.05, 0.1) is 22.1 Å². The summed E-state index contributed by atoms with van der Waals surface area (Å²) in [6, 6.07) is 3.83. The van der Waals surface area contributed by atoms with Gasteiger partial charge in [-0.25, -0.2) is 9.97 Å². The maximum absolute atomic E-state index is 6.66. The Balaban J connectivity index is 1.62. The van der Waals surface area contributed by atoms with Gasteiger partial charge >= 0.3 is 0 Å². The Bertz CT molecular complexity index is 1180. The molecule has 9 heteroatoms. The number of nitrogens with two attached hydrogens (primary N) is 1. The Labute approximate surface area is 171 Å². The van der Waals surface area contributed by atoms with Gasteiger partial charge in [-0.2, -0.15) is 5.10 Å². The molecule has 3 aromatic heterocycles. The van der Waals surface area contributed by atoms with Crippen LogP contribution in [-0.2, 0) is 0 Å². The van der Waals surface area contributed by atoms with Crippen LogP contribution >= 0.6 is 23.2 Å². The van der Waals surface area contributed by atoms with Gasteiger partial charge in [0.15, 0.2) is 11.0 Å². The molecule has 28 heavy (non-hydrogen) atoms. The van der Waals surface area contributed by atoms with Gasteiger partial charge in [-0.3, -0.25) is 9.50 Å². The number of imidazole rings is 1. The van der Waals surface area contributed by atoms with Crippen LogP contribution in [0.15, 0.2) is 30.7 Å². The molecule has 1 fully saturated rings. The molecular formula is C19H19Cl2N7. The van der Waals surface area contributed by atoms with Crippen molar-refractivity contribution < 1.29 is 0 Å². The van der Waals surface area contributed by atoms with Crippen molar-refractivity contribution in [2.75, 3.05) is 18.0 Å². The molecule has 0 atom stereocenters. The summed E-state index contributed by atoms with van der Waals surface area (Å²) in [5, 5.41) is 8.48. The zero-order valence-electron chi connectivity index (χ0n) is 15.3. The predicted octanol–water partition coefficient (Wildman–Crippen LogP) is 3.90. The first-order valence-corrected chi connectivity index (χ1v) is 9.88. The summed E-state index contributed by atoms with van der Waals surface area (Å²) in [4.78, 5) is 11.5. The van der Waals surface area contributed by atoms with Crippen LogP contribution in [-0.4, -0.2) is 43.2 Å². The van der Waals surface area contributed by atoms with Crippen molar-refractivity contribution in [3.63, 3.8) is 0 Å². The monoisotopic (exact) mass is 415 g/mol. The SMILES string of the molecule is CC1(N)CCN(c2nccn3c(-c4ccc5[nH]nc(Cl)c5c4Cl)ncc23)CC1. The highest BCUT2D eigenvalue weighted by atomic mass is 35.5. The third-order valence-corrected chi connectivity index (χ3v) is 6.17. The van der Waals surface area contributed by atoms with Crippen molar-refractivity contribution >= 4 is 45.4 Å². The van der Waals surface area contributed by atoms with Crippen LogP contribution in [0, 0.1) is 0 Å². The van der Waals surface area contributed by atoms with Gasteiger partial charge in [0.2, 0.25) is 0 Å². The molecule has 1 aliphatic rings. The van der Waals surface area contributed by atoms with Crippen LogP contribution in [0.1, 0.15) is 19.8 Å². The van der Waals surface area contributed by atoms with E-state index in [9.17, 15) is 0 Å². The van der Waals surface area contributed by atoms with Gasteiger partial charge < -0.3 is 10.6 Å². The number of anilines is 1. The van der Waals surface area contributed by atoms with Crippen LogP contribution < -0.4 is 10.6 Å². The molecule has 0 aliphatic carbocycles. The molecule has 0 unspecified atom stereocenters. The summed E-state index contributed by atoms with van der Waals surface area (Å²) < 4.78 is 2.01. The number of fused-ring (bicyclic) bond motifs is 2. The predicted molar refractivity (Wildman–Crippen MR) is 112 cm³/mol. The second kappa shape index (κ2) is 6.34. The lowest BCUT2D eigenvalue weighted by molar-refractivity contribution is 0.363. The van der Waals surface area contributed by atoms with E-state index in [4.69, 9.17) is 28.9 Å². The number of rotatable bonds is 2. The van der Waals surface area contributed by atoms with Gasteiger partial charge in [0.1, 0.15) is 11.3 Å². The minimum atomic E-state index is -0.111. The van der Waals surface area contributed by atoms with Gasteiger partial charge in [-0.1, -0.05) is 23.2 Å². The van der Waals surface area contributed by atoms with Crippen molar-refractivity contribution in [3.8, 4) is 11.4 Å². The van der Waals surface area contributed by atoms with Crippen LogP contribution in [0.3, 0.4) is 0 Å². The molecule has 0 saturated carbocycles. The Morgan fingerprint density at radius 2 is 1.96 bits per heavy atom. The number of hydrogen-bond acceptors (Lipinski definition) is 5. The Kier molecular flexibility index (Phi) is 4.01. The third kappa shape index (κ3) is 2.73. The number of hydrogen-bond donors (Lipinski definition) is 2. The number of piperidine rings is 1. The summed E-state index contributed by atoms with van der Waals surface area (Å²) in [5.74, 6) is 1.65. The van der Waals surface area contributed by atoms with E-state index >= 15 is 0 Å². The van der Waals surface area contributed by atoms with Crippen molar-refractivity contribution in [3.05, 3.63) is 40.9 Å². The molecule has 0 amide bonds. The first kappa shape index (κ1) is 17.7. The molecule has 3 N–H and O–H groups in total. The molecule has 4 aromatic rings. The summed E-state index contributed by atoms with van der Waals surface area (Å²) in [5.41, 5.74) is 8.69. The number of H-pyrrole nitrogens is 1. The fourth-order valence-electron chi connectivity index (χ4n) is 3.80. The highest BCUT2D eigenvalue weighted by Gasteiger charge is 2.28. The van der Waals surface area contributed by atoms with E-state index in [1.54, 1.807) is 6.20 Å². The van der Waals surface area contributed by atoms with Crippen LogP contribution in [0.25, 0.3) is 27.8 Å². The van der Waals surface area contributed by atoms with Gasteiger partial charge in [-0.15, -0.1) is 0 Å². The van der Waals surface area contributed by atoms with Crippen molar-refractivity contribution in [2.45, 2.75) is 25.3 Å². The zero-order chi connectivity index (χ0) is 19.5. The maximum atomic E-state index is 6.66. The molecular weight excluding hydrogens is 397 g/mol. The van der Waals surface area contributed by atoms with Crippen LogP contribution in [0.2, 0.25) is 10.2 Å². The molecule has 1 saturated heterocycles. The summed E-state index contributed by atoms with van der Waals surface area (Å²) in [6.45, 7) is 3.85. The molecule has 0 bridgehead atoms. The van der Waals surface area contributed by atoms with Gasteiger partial charge in [0, 0.05) is 36.6 Å². The molecule has 5 rings (SSSR count). The highest BCUT2D eigenvalue weighted by Crippen LogP contribution is 2.37. The molecule has 0 spiro atoms. The van der Waals surface area contributed by atoms with E-state index in [0.29, 0.717) is 15.6 Å². The quantitative estimate of drug-likeness (QED) is 0.518. The van der Waals surface area contributed by atoms with Gasteiger partial charge in [-0.05, 0) is 31.9 Å². The van der Waals surface area contributed by atoms with Crippen molar-refractivity contribution in [1.29, 1.82) is 0 Å². The normalized spacial score (nSPS) is 16.9. The number of benzene rings is 1. The largest absolute Gasteiger partial charge is 0.355 e. The smallest absolute Gasteiger partial charge is 0.160 e. The minimum absolute atomic E-state index is 0.111. The Hall–Kier alpha value is -2.35. The molecule has 4 heterocycles. The van der Waals surface area contributed by atoms with Crippen molar-refractivity contribution in [1.82, 2.24) is 24.6 Å². The van der Waals surface area contributed by atoms with E-state index in [2.05, 4.69) is 32.0 Å². The van der Waals surface area contributed by atoms with E-state index < -0.39 is 0 Å². The lowest BCUT2D eigenvalue weighted by Crippen LogP contribution is -2.48. The lowest BCUT2D eigenvalue weighted by atomic mass is 9.91. The van der Waals surface area contributed by atoms with Crippen LogP contribution in [0.5, 0.6) is 0 Å². The molecule has 1 aromatic carbocycles. The molecule has 7 nitrogen and oxygen atoms in total. The summed E-state index contributed by atoms with van der Waals surface area (Å²) in [6.07, 6.45) is 7.39. The van der Waals surface area contributed by atoms with E-state index in [1.165, 1.54) is 0 Å². The lowest BCUT2D eigenvalue weighted by Gasteiger charge is -2.37. The molecule has 144 valence electrons. The molecule has 0 radical (unpaired) electrons. The van der Waals surface area contributed by atoms with E-state index in [1.807, 2.05) is 28.9 Å². The number of nitrogens with zero attached hydrogens (tertiary/aromatic N) is 5. The summed E-state index contributed by atoms with van der Waals surface area (Å²) in [7, 11) is 0. The van der Waals surface area contributed by atoms with E-state index in [0.717, 1.165) is 54.2 Å². The Morgan fingerprint density at radius 1 is 1.18 bits per heavy atom. The topological polar surface area (TPSA) is 88.1 Å². The maximum Gasteiger partial charge on any atom is 0.160 e. The van der Waals surface area contributed by atoms with Crippen LogP contribution in [0.4, 0.5) is 5.82 Å². The average Bonchev–Trinajstić information content (AvgIpc) is 3.26. The van der Waals surface area contributed by atoms with Gasteiger partial charge in [0.25, 0.3) is 0 Å². The number of aromatic amines is 1. The molecule has 1 aliphatic heterocycles. The highest BCUT2D eigenvalue weighted by molar-refractivity contribution is 6.43. The second-order valence-corrected chi connectivity index (χ2v) is 8.33. The van der Waals surface area contributed by atoms with Crippen molar-refractivity contribution in [2.24, 2.45) is 5.73 Å². The second-order valence-electron chi connectivity index (χ2n) is 7.59. The van der Waals surface area contributed by atoms with E-state index in [-0.39, 0.29) is 5.54 Å².